The minimum atomic E-state index is -0.360. The molecule has 0 bridgehead atoms. The number of anilines is 1. The lowest BCUT2D eigenvalue weighted by molar-refractivity contribution is 0.306. The Morgan fingerprint density at radius 1 is 1.00 bits per heavy atom. The van der Waals surface area contributed by atoms with Crippen LogP contribution in [0.4, 0.5) is 10.1 Å². The molecule has 0 atom stereocenters. The van der Waals surface area contributed by atoms with E-state index in [1.807, 2.05) is 54.6 Å². The van der Waals surface area contributed by atoms with Crippen LogP contribution in [0.2, 0.25) is 5.02 Å². The van der Waals surface area contributed by atoms with Gasteiger partial charge >= 0.3 is 0 Å². The summed E-state index contributed by atoms with van der Waals surface area (Å²) in [7, 11) is 0. The van der Waals surface area contributed by atoms with Crippen molar-refractivity contribution in [3.8, 4) is 5.75 Å². The van der Waals surface area contributed by atoms with Crippen molar-refractivity contribution in [1.82, 2.24) is 0 Å². The fraction of sp³-hybridized carbons (Fsp3) is 0.0500. The predicted molar refractivity (Wildman–Crippen MR) is 99.8 cm³/mol. The van der Waals surface area contributed by atoms with Crippen molar-refractivity contribution in [2.45, 2.75) is 6.61 Å². The van der Waals surface area contributed by atoms with Gasteiger partial charge in [-0.25, -0.2) is 4.39 Å². The lowest BCUT2D eigenvalue weighted by Crippen LogP contribution is -1.97. The summed E-state index contributed by atoms with van der Waals surface area (Å²) in [5, 5.41) is 4.54. The van der Waals surface area contributed by atoms with Crippen LogP contribution >= 0.6 is 11.6 Å². The van der Waals surface area contributed by atoms with Gasteiger partial charge in [0.25, 0.3) is 0 Å². The largest absolute Gasteiger partial charge is 0.489 e. The summed E-state index contributed by atoms with van der Waals surface area (Å²) in [6, 6.07) is 21.5. The molecule has 0 aliphatic heterocycles. The van der Waals surface area contributed by atoms with Crippen LogP contribution in [0, 0.1) is 5.82 Å². The molecule has 25 heavy (non-hydrogen) atoms. The van der Waals surface area contributed by atoms with E-state index in [1.54, 1.807) is 12.3 Å². The number of hydrogen-bond acceptors (Lipinski definition) is 3. The molecule has 0 fully saturated rings. The zero-order chi connectivity index (χ0) is 17.5. The molecular formula is C20H16ClFN2O. The van der Waals surface area contributed by atoms with Gasteiger partial charge in [-0.05, 0) is 54.1 Å². The van der Waals surface area contributed by atoms with Crippen LogP contribution in [-0.2, 0) is 6.61 Å². The average molecular weight is 355 g/mol. The lowest BCUT2D eigenvalue weighted by Gasteiger charge is -2.08. The summed E-state index contributed by atoms with van der Waals surface area (Å²) in [5.41, 5.74) is 5.56. The Morgan fingerprint density at radius 3 is 2.48 bits per heavy atom. The zero-order valence-electron chi connectivity index (χ0n) is 13.3. The fourth-order valence-corrected chi connectivity index (χ4v) is 2.37. The van der Waals surface area contributed by atoms with E-state index in [0.29, 0.717) is 10.8 Å². The molecule has 3 nitrogen and oxygen atoms in total. The number of ether oxygens (including phenoxy) is 1. The van der Waals surface area contributed by atoms with Gasteiger partial charge in [-0.2, -0.15) is 5.10 Å². The molecule has 5 heteroatoms. The topological polar surface area (TPSA) is 33.6 Å². The molecule has 3 aromatic carbocycles. The smallest absolute Gasteiger partial charge is 0.124 e. The van der Waals surface area contributed by atoms with Crippen molar-refractivity contribution < 1.29 is 9.13 Å². The predicted octanol–water partition coefficient (Wildman–Crippen LogP) is 5.50. The molecule has 0 aromatic heterocycles. The van der Waals surface area contributed by atoms with E-state index in [1.165, 1.54) is 12.1 Å². The third-order valence-electron chi connectivity index (χ3n) is 3.47. The first-order valence-electron chi connectivity index (χ1n) is 7.71. The molecule has 0 saturated carbocycles. The molecule has 0 radical (unpaired) electrons. The number of halogens is 2. The fourth-order valence-electron chi connectivity index (χ4n) is 2.14. The number of nitrogens with one attached hydrogen (secondary N) is 1. The van der Waals surface area contributed by atoms with Gasteiger partial charge in [-0.15, -0.1) is 0 Å². The summed E-state index contributed by atoms with van der Waals surface area (Å²) in [5.74, 6) is 0.343. The van der Waals surface area contributed by atoms with Crippen molar-refractivity contribution in [2.75, 3.05) is 5.43 Å². The first kappa shape index (κ1) is 17.0. The van der Waals surface area contributed by atoms with E-state index in [9.17, 15) is 4.39 Å². The first-order valence-corrected chi connectivity index (χ1v) is 8.09. The molecular weight excluding hydrogens is 339 g/mol. The van der Waals surface area contributed by atoms with Gasteiger partial charge in [0.2, 0.25) is 0 Å². The van der Waals surface area contributed by atoms with Crippen LogP contribution in [0.1, 0.15) is 11.1 Å². The number of hydrogen-bond donors (Lipinski definition) is 1. The maximum absolute atomic E-state index is 13.0. The molecule has 0 unspecified atom stereocenters. The summed E-state index contributed by atoms with van der Waals surface area (Å²) in [4.78, 5) is 0. The molecule has 126 valence electrons. The van der Waals surface area contributed by atoms with E-state index < -0.39 is 0 Å². The third-order valence-corrected chi connectivity index (χ3v) is 3.82. The van der Waals surface area contributed by atoms with Gasteiger partial charge in [-0.1, -0.05) is 35.9 Å². The molecule has 0 saturated heterocycles. The average Bonchev–Trinajstić information content (AvgIpc) is 2.63. The van der Waals surface area contributed by atoms with Gasteiger partial charge in [0, 0.05) is 5.56 Å². The number of rotatable bonds is 6. The molecule has 3 rings (SSSR count). The Balaban J connectivity index is 1.55. The first-order chi connectivity index (χ1) is 12.2. The van der Waals surface area contributed by atoms with E-state index in [-0.39, 0.29) is 12.4 Å². The highest BCUT2D eigenvalue weighted by Crippen LogP contribution is 2.20. The van der Waals surface area contributed by atoms with Crippen LogP contribution < -0.4 is 10.2 Å². The van der Waals surface area contributed by atoms with Crippen LogP contribution in [0.15, 0.2) is 77.9 Å². The Hall–Kier alpha value is -2.85. The van der Waals surface area contributed by atoms with Gasteiger partial charge in [-0.3, -0.25) is 5.43 Å². The summed E-state index contributed by atoms with van der Waals surface area (Å²) < 4.78 is 18.7. The van der Waals surface area contributed by atoms with Gasteiger partial charge in [0.1, 0.15) is 18.2 Å². The van der Waals surface area contributed by atoms with E-state index >= 15 is 0 Å². The molecule has 3 aromatic rings. The molecule has 1 N–H and O–H groups in total. The summed E-state index contributed by atoms with van der Waals surface area (Å²) in [6.45, 7) is 0.280. The summed E-state index contributed by atoms with van der Waals surface area (Å²) >= 11 is 5.98. The highest BCUT2D eigenvalue weighted by atomic mass is 35.5. The van der Waals surface area contributed by atoms with Gasteiger partial charge in [0.05, 0.1) is 16.9 Å². The maximum atomic E-state index is 13.0. The van der Waals surface area contributed by atoms with E-state index in [2.05, 4.69) is 10.5 Å². The molecule has 0 heterocycles. The van der Waals surface area contributed by atoms with Crippen molar-refractivity contribution in [2.24, 2.45) is 5.10 Å². The maximum Gasteiger partial charge on any atom is 0.124 e. The normalized spacial score (nSPS) is 10.8. The number of hydrazone groups is 1. The van der Waals surface area contributed by atoms with Crippen molar-refractivity contribution in [3.05, 3.63) is 94.8 Å². The summed E-state index contributed by atoms with van der Waals surface area (Å²) in [6.07, 6.45) is 1.73. The van der Waals surface area contributed by atoms with Gasteiger partial charge in [0.15, 0.2) is 0 Å². The van der Waals surface area contributed by atoms with Crippen molar-refractivity contribution >= 4 is 23.5 Å². The second-order valence-corrected chi connectivity index (χ2v) is 5.74. The minimum absolute atomic E-state index is 0.280. The molecule has 0 amide bonds. The van der Waals surface area contributed by atoms with Crippen LogP contribution in [0.3, 0.4) is 0 Å². The second kappa shape index (κ2) is 8.31. The highest BCUT2D eigenvalue weighted by Gasteiger charge is 2.03. The minimum Gasteiger partial charge on any atom is -0.489 e. The lowest BCUT2D eigenvalue weighted by atomic mass is 10.2. The Kier molecular flexibility index (Phi) is 5.65. The monoisotopic (exact) mass is 354 g/mol. The molecule has 0 spiro atoms. The second-order valence-electron chi connectivity index (χ2n) is 5.33. The van der Waals surface area contributed by atoms with Crippen LogP contribution in [0.5, 0.6) is 5.75 Å². The number of benzene rings is 3. The Bertz CT molecular complexity index is 851. The third kappa shape index (κ3) is 5.06. The molecule has 0 aliphatic rings. The van der Waals surface area contributed by atoms with E-state index in [4.69, 9.17) is 16.3 Å². The zero-order valence-corrected chi connectivity index (χ0v) is 14.1. The quantitative estimate of drug-likeness (QED) is 0.468. The number of nitrogens with zero attached hydrogens (tertiary/aromatic N) is 1. The SMILES string of the molecule is Fc1ccc(COc2ccc(C=NNc3ccccc3)cc2)c(Cl)c1. The van der Waals surface area contributed by atoms with Crippen LogP contribution in [-0.4, -0.2) is 6.21 Å². The van der Waals surface area contributed by atoms with E-state index in [0.717, 1.165) is 16.8 Å². The standard InChI is InChI=1S/C20H16ClFN2O/c21-20-12-17(22)9-8-16(20)14-25-19-10-6-15(7-11-19)13-23-24-18-4-2-1-3-5-18/h1-13,24H,14H2. The van der Waals surface area contributed by atoms with Crippen LogP contribution in [0.25, 0.3) is 0 Å². The highest BCUT2D eigenvalue weighted by molar-refractivity contribution is 6.31. The molecule has 0 aliphatic carbocycles. The Morgan fingerprint density at radius 2 is 1.76 bits per heavy atom. The Labute approximate surface area is 150 Å². The van der Waals surface area contributed by atoms with Crippen molar-refractivity contribution in [3.63, 3.8) is 0 Å². The number of para-hydroxylation sites is 1. The van der Waals surface area contributed by atoms with Crippen molar-refractivity contribution in [1.29, 1.82) is 0 Å². The van der Waals surface area contributed by atoms with Gasteiger partial charge < -0.3 is 4.74 Å².